The lowest BCUT2D eigenvalue weighted by atomic mass is 10.0. The number of nitrogens with one attached hydrogen (secondary N) is 1. The zero-order chi connectivity index (χ0) is 59.8. The molecule has 83 heavy (non-hydrogen) atoms. The lowest BCUT2D eigenvalue weighted by Gasteiger charge is -2.22. The monoisotopic (exact) mass is 1160 g/mol. The van der Waals surface area contributed by atoms with Crippen molar-refractivity contribution >= 4 is 5.91 Å². The van der Waals surface area contributed by atoms with Crippen LogP contribution in [0.5, 0.6) is 0 Å². The summed E-state index contributed by atoms with van der Waals surface area (Å²) in [6.07, 6.45) is 105. The molecule has 0 aliphatic heterocycles. The highest BCUT2D eigenvalue weighted by atomic mass is 16.3. The Morgan fingerprint density at radius 1 is 0.301 bits per heavy atom. The number of carbonyl (C=O) groups is 1. The first-order chi connectivity index (χ1) is 41.2. The predicted molar refractivity (Wildman–Crippen MR) is 373 cm³/mol. The van der Waals surface area contributed by atoms with Crippen LogP contribution in [0, 0.1) is 0 Å². The highest BCUT2D eigenvalue weighted by molar-refractivity contribution is 5.76. The van der Waals surface area contributed by atoms with E-state index in [0.29, 0.717) is 12.8 Å². The van der Waals surface area contributed by atoms with Gasteiger partial charge in [-0.2, -0.15) is 0 Å². The van der Waals surface area contributed by atoms with E-state index in [9.17, 15) is 15.0 Å². The number of unbranched alkanes of at least 4 members (excludes halogenated alkanes) is 57. The Kier molecular flexibility index (Phi) is 73.1. The summed E-state index contributed by atoms with van der Waals surface area (Å²) in [7, 11) is 0. The summed E-state index contributed by atoms with van der Waals surface area (Å²) in [6.45, 7) is 4.30. The van der Waals surface area contributed by atoms with E-state index in [1.807, 2.05) is 0 Å². The van der Waals surface area contributed by atoms with Gasteiger partial charge in [0, 0.05) is 6.42 Å². The SMILES string of the molecule is CC/C=C\C/C=C\C/C=C\C/C=C\CCCCCCCCCCCCCCCCCCCCCCCCCCCCC(=O)NC(CO)C(O)CCCCCCCCCCCCCCCCCCCCCCCCCCCCCCCCCC. The van der Waals surface area contributed by atoms with Crippen LogP contribution >= 0.6 is 0 Å². The summed E-state index contributed by atoms with van der Waals surface area (Å²) in [6, 6.07) is -0.537. The average molecular weight is 1160 g/mol. The molecule has 4 heteroatoms. The second-order valence-corrected chi connectivity index (χ2v) is 26.4. The molecule has 3 N–H and O–H groups in total. The van der Waals surface area contributed by atoms with Crippen LogP contribution in [-0.2, 0) is 4.79 Å². The van der Waals surface area contributed by atoms with E-state index in [2.05, 4.69) is 67.8 Å². The molecule has 0 aromatic carbocycles. The van der Waals surface area contributed by atoms with Gasteiger partial charge in [0.05, 0.1) is 18.8 Å². The van der Waals surface area contributed by atoms with Gasteiger partial charge in [-0.1, -0.05) is 422 Å². The third kappa shape index (κ3) is 71.0. The van der Waals surface area contributed by atoms with E-state index in [4.69, 9.17) is 0 Å². The predicted octanol–water partition coefficient (Wildman–Crippen LogP) is 26.4. The number of aliphatic hydroxyl groups is 2. The van der Waals surface area contributed by atoms with Crippen LogP contribution in [0.2, 0.25) is 0 Å². The first kappa shape index (κ1) is 81.3. The molecule has 0 aromatic heterocycles. The lowest BCUT2D eigenvalue weighted by Crippen LogP contribution is -2.45. The molecule has 4 nitrogen and oxygen atoms in total. The van der Waals surface area contributed by atoms with Crippen LogP contribution < -0.4 is 5.32 Å². The molecule has 0 saturated heterocycles. The molecule has 0 heterocycles. The van der Waals surface area contributed by atoms with Crippen molar-refractivity contribution in [3.8, 4) is 0 Å². The third-order valence-electron chi connectivity index (χ3n) is 18.1. The minimum atomic E-state index is -0.660. The van der Waals surface area contributed by atoms with Gasteiger partial charge in [0.15, 0.2) is 0 Å². The number of allylic oxidation sites excluding steroid dienone is 8. The van der Waals surface area contributed by atoms with Crippen molar-refractivity contribution in [1.29, 1.82) is 0 Å². The maximum atomic E-state index is 12.6. The topological polar surface area (TPSA) is 69.6 Å². The lowest BCUT2D eigenvalue weighted by molar-refractivity contribution is -0.123. The molecular weight excluding hydrogens is 1010 g/mol. The normalized spacial score (nSPS) is 12.9. The molecule has 0 radical (unpaired) electrons. The van der Waals surface area contributed by atoms with Crippen LogP contribution in [0.25, 0.3) is 0 Å². The fraction of sp³-hybridized carbons (Fsp3) is 0.886. The quantitative estimate of drug-likeness (QED) is 0.0420. The van der Waals surface area contributed by atoms with Crippen molar-refractivity contribution in [2.45, 2.75) is 443 Å². The number of hydrogen-bond donors (Lipinski definition) is 3. The molecule has 0 aliphatic carbocycles. The zero-order valence-electron chi connectivity index (χ0n) is 56.7. The van der Waals surface area contributed by atoms with Gasteiger partial charge in [-0.25, -0.2) is 0 Å². The third-order valence-corrected chi connectivity index (χ3v) is 18.1. The summed E-state index contributed by atoms with van der Waals surface area (Å²) in [5.74, 6) is -0.0212. The van der Waals surface area contributed by atoms with Crippen LogP contribution in [0.15, 0.2) is 48.6 Å². The Bertz CT molecular complexity index is 1320. The number of carbonyl (C=O) groups excluding carboxylic acids is 1. The van der Waals surface area contributed by atoms with E-state index >= 15 is 0 Å². The average Bonchev–Trinajstić information content (AvgIpc) is 3.51. The second kappa shape index (κ2) is 74.6. The summed E-state index contributed by atoms with van der Waals surface area (Å²) in [5.41, 5.74) is 0. The Morgan fingerprint density at radius 3 is 0.795 bits per heavy atom. The molecule has 490 valence electrons. The van der Waals surface area contributed by atoms with Gasteiger partial charge >= 0.3 is 0 Å². The van der Waals surface area contributed by atoms with Gasteiger partial charge < -0.3 is 15.5 Å². The van der Waals surface area contributed by atoms with Gasteiger partial charge in [-0.15, -0.1) is 0 Å². The maximum Gasteiger partial charge on any atom is 0.220 e. The Labute approximate surface area is 522 Å². The van der Waals surface area contributed by atoms with E-state index < -0.39 is 12.1 Å². The molecule has 2 unspecified atom stereocenters. The van der Waals surface area contributed by atoms with Gasteiger partial charge in [0.25, 0.3) is 0 Å². The first-order valence-corrected chi connectivity index (χ1v) is 38.3. The summed E-state index contributed by atoms with van der Waals surface area (Å²) >= 11 is 0. The van der Waals surface area contributed by atoms with E-state index in [0.717, 1.165) is 51.4 Å². The van der Waals surface area contributed by atoms with E-state index in [1.54, 1.807) is 0 Å². The van der Waals surface area contributed by atoms with Crippen LogP contribution in [-0.4, -0.2) is 34.9 Å². The molecule has 0 rings (SSSR count). The number of amides is 1. The molecule has 0 bridgehead atoms. The Balaban J connectivity index is 3.36. The summed E-state index contributed by atoms with van der Waals surface area (Å²) < 4.78 is 0. The molecule has 0 saturated carbocycles. The number of hydrogen-bond acceptors (Lipinski definition) is 3. The van der Waals surface area contributed by atoms with Gasteiger partial charge in [0.1, 0.15) is 0 Å². The van der Waals surface area contributed by atoms with Crippen molar-refractivity contribution in [3.05, 3.63) is 48.6 Å². The van der Waals surface area contributed by atoms with Gasteiger partial charge in [-0.05, 0) is 51.4 Å². The van der Waals surface area contributed by atoms with Crippen molar-refractivity contribution in [3.63, 3.8) is 0 Å². The standard InChI is InChI=1S/C79H151NO3/c1-3-5-7-9-11-13-15-17-19-21-23-25-27-29-31-33-35-37-38-39-40-41-42-43-45-47-49-51-53-55-57-59-61-63-65-67-69-71-73-75-79(83)80-77(76-81)78(82)74-72-70-68-66-64-62-60-58-56-54-52-50-48-46-44-36-34-32-30-28-26-24-22-20-18-16-14-12-10-8-6-4-2/h5,7,11,13,17,19,23,25,77-78,81-82H,3-4,6,8-10,12,14-16,18,20-22,24,26-76H2,1-2H3,(H,80,83)/b7-5-,13-11-,19-17-,25-23-. The van der Waals surface area contributed by atoms with Crippen molar-refractivity contribution < 1.29 is 15.0 Å². The second-order valence-electron chi connectivity index (χ2n) is 26.4. The van der Waals surface area contributed by atoms with Crippen LogP contribution in [0.1, 0.15) is 431 Å². The maximum absolute atomic E-state index is 12.6. The van der Waals surface area contributed by atoms with Crippen molar-refractivity contribution in [2.24, 2.45) is 0 Å². The van der Waals surface area contributed by atoms with Crippen LogP contribution in [0.4, 0.5) is 0 Å². The van der Waals surface area contributed by atoms with Crippen molar-refractivity contribution in [2.75, 3.05) is 6.61 Å². The van der Waals surface area contributed by atoms with E-state index in [1.165, 1.54) is 353 Å². The molecule has 0 fully saturated rings. The van der Waals surface area contributed by atoms with Crippen molar-refractivity contribution in [1.82, 2.24) is 5.32 Å². The number of rotatable bonds is 72. The minimum absolute atomic E-state index is 0.0212. The minimum Gasteiger partial charge on any atom is -0.394 e. The Morgan fingerprint density at radius 2 is 0.530 bits per heavy atom. The Hall–Kier alpha value is -1.65. The van der Waals surface area contributed by atoms with E-state index in [-0.39, 0.29) is 12.5 Å². The smallest absolute Gasteiger partial charge is 0.220 e. The fourth-order valence-corrected chi connectivity index (χ4v) is 12.4. The molecule has 0 spiro atoms. The molecule has 1 amide bonds. The fourth-order valence-electron chi connectivity index (χ4n) is 12.4. The molecule has 0 aliphatic rings. The van der Waals surface area contributed by atoms with Gasteiger partial charge in [-0.3, -0.25) is 4.79 Å². The summed E-state index contributed by atoms with van der Waals surface area (Å²) in [5, 5.41) is 23.5. The zero-order valence-corrected chi connectivity index (χ0v) is 56.7. The molecular formula is C79H151NO3. The van der Waals surface area contributed by atoms with Crippen LogP contribution in [0.3, 0.4) is 0 Å². The molecule has 2 atom stereocenters. The first-order valence-electron chi connectivity index (χ1n) is 38.3. The molecule has 0 aromatic rings. The number of aliphatic hydroxyl groups excluding tert-OH is 2. The highest BCUT2D eigenvalue weighted by Crippen LogP contribution is 2.20. The largest absolute Gasteiger partial charge is 0.394 e. The highest BCUT2D eigenvalue weighted by Gasteiger charge is 2.20. The summed E-state index contributed by atoms with van der Waals surface area (Å²) in [4.78, 5) is 12.6. The van der Waals surface area contributed by atoms with Gasteiger partial charge in [0.2, 0.25) is 5.91 Å².